The van der Waals surface area contributed by atoms with Crippen molar-refractivity contribution >= 4 is 17.3 Å². The number of aryl methyl sites for hydroxylation is 2. The van der Waals surface area contributed by atoms with E-state index in [9.17, 15) is 0 Å². The number of hydrogen-bond donors (Lipinski definition) is 2. The molecule has 3 heterocycles. The molecule has 108 valence electrons. The summed E-state index contributed by atoms with van der Waals surface area (Å²) >= 11 is 1.65. The summed E-state index contributed by atoms with van der Waals surface area (Å²) in [4.78, 5) is 12.4. The third kappa shape index (κ3) is 2.55. The lowest BCUT2D eigenvalue weighted by molar-refractivity contribution is 0.411. The number of aromatic nitrogens is 4. The second-order valence-corrected chi connectivity index (χ2v) is 6.50. The van der Waals surface area contributed by atoms with E-state index < -0.39 is 0 Å². The lowest BCUT2D eigenvalue weighted by Gasteiger charge is -2.30. The van der Waals surface area contributed by atoms with E-state index in [0.717, 1.165) is 59.8 Å². The van der Waals surface area contributed by atoms with E-state index in [-0.39, 0.29) is 0 Å². The van der Waals surface area contributed by atoms with Gasteiger partial charge in [0.15, 0.2) is 5.82 Å². The highest BCUT2D eigenvalue weighted by atomic mass is 32.1. The first kappa shape index (κ1) is 13.5. The van der Waals surface area contributed by atoms with Gasteiger partial charge in [-0.1, -0.05) is 0 Å². The fourth-order valence-corrected chi connectivity index (χ4v) is 3.47. The van der Waals surface area contributed by atoms with Crippen molar-refractivity contribution < 1.29 is 0 Å². The van der Waals surface area contributed by atoms with Crippen molar-refractivity contribution in [2.45, 2.75) is 26.7 Å². The second-order valence-electron chi connectivity index (χ2n) is 5.30. The highest BCUT2D eigenvalue weighted by Crippen LogP contribution is 2.28. The molecular weight excluding hydrogens is 272 g/mol. The molecule has 2 aromatic heterocycles. The fraction of sp³-hybridized carbons (Fsp3) is 0.615. The Hall–Kier alpha value is -1.47. The molecule has 3 rings (SSSR count). The van der Waals surface area contributed by atoms with Crippen LogP contribution >= 0.6 is 11.3 Å². The molecule has 1 saturated heterocycles. The molecule has 0 aliphatic carbocycles. The third-order valence-corrected chi connectivity index (χ3v) is 4.90. The fourth-order valence-electron chi connectivity index (χ4n) is 2.62. The Morgan fingerprint density at radius 3 is 2.65 bits per heavy atom. The molecule has 20 heavy (non-hydrogen) atoms. The summed E-state index contributed by atoms with van der Waals surface area (Å²) in [6.45, 7) is 6.77. The molecule has 0 amide bonds. The highest BCUT2D eigenvalue weighted by molar-refractivity contribution is 7.15. The molecule has 1 fully saturated rings. The number of aromatic amines is 1. The number of hydrogen-bond acceptors (Lipinski definition) is 6. The monoisotopic (exact) mass is 292 g/mol. The molecule has 0 radical (unpaired) electrons. The van der Waals surface area contributed by atoms with Gasteiger partial charge < -0.3 is 10.6 Å². The Morgan fingerprint density at radius 2 is 2.05 bits per heavy atom. The minimum absolute atomic E-state index is 0.649. The van der Waals surface area contributed by atoms with Crippen LogP contribution in [-0.4, -0.2) is 39.8 Å². The molecule has 3 N–H and O–H groups in total. The minimum atomic E-state index is 0.649. The minimum Gasteiger partial charge on any atom is -0.340 e. The van der Waals surface area contributed by atoms with Gasteiger partial charge in [0.2, 0.25) is 5.95 Å². The van der Waals surface area contributed by atoms with Gasteiger partial charge in [0.25, 0.3) is 0 Å². The van der Waals surface area contributed by atoms with Crippen molar-refractivity contribution in [2.24, 2.45) is 11.7 Å². The lowest BCUT2D eigenvalue weighted by Crippen LogP contribution is -2.36. The van der Waals surface area contributed by atoms with Gasteiger partial charge in [-0.2, -0.15) is 4.98 Å². The summed E-state index contributed by atoms with van der Waals surface area (Å²) < 4.78 is 0. The molecular formula is C13H20N6S. The maximum Gasteiger partial charge on any atom is 0.245 e. The zero-order valence-corrected chi connectivity index (χ0v) is 12.7. The predicted molar refractivity (Wildman–Crippen MR) is 81.0 cm³/mol. The third-order valence-electron chi connectivity index (χ3n) is 3.82. The maximum atomic E-state index is 5.72. The molecule has 6 nitrogen and oxygen atoms in total. The molecule has 1 aliphatic heterocycles. The van der Waals surface area contributed by atoms with E-state index in [1.165, 1.54) is 0 Å². The van der Waals surface area contributed by atoms with Crippen LogP contribution < -0.4 is 10.6 Å². The van der Waals surface area contributed by atoms with Gasteiger partial charge in [0.05, 0.1) is 15.6 Å². The van der Waals surface area contributed by atoms with Crippen LogP contribution in [0.25, 0.3) is 10.7 Å². The van der Waals surface area contributed by atoms with E-state index in [0.29, 0.717) is 5.92 Å². The first-order valence-corrected chi connectivity index (χ1v) is 7.81. The van der Waals surface area contributed by atoms with Gasteiger partial charge in [0.1, 0.15) is 0 Å². The highest BCUT2D eigenvalue weighted by Gasteiger charge is 2.22. The van der Waals surface area contributed by atoms with E-state index in [4.69, 9.17) is 5.73 Å². The van der Waals surface area contributed by atoms with Crippen LogP contribution in [0.15, 0.2) is 0 Å². The summed E-state index contributed by atoms with van der Waals surface area (Å²) in [7, 11) is 0. The van der Waals surface area contributed by atoms with Crippen molar-refractivity contribution in [3.8, 4) is 10.7 Å². The van der Waals surface area contributed by atoms with Crippen molar-refractivity contribution in [2.75, 3.05) is 24.5 Å². The molecule has 7 heteroatoms. The van der Waals surface area contributed by atoms with Crippen molar-refractivity contribution in [3.63, 3.8) is 0 Å². The summed E-state index contributed by atoms with van der Waals surface area (Å²) in [5.41, 5.74) is 6.74. The standard InChI is InChI=1S/C13H20N6S/c1-8-11(20-9(2)15-8)12-16-13(18-17-12)19-5-3-10(7-14)4-6-19/h10H,3-7,14H2,1-2H3,(H,16,17,18). The number of nitrogens with zero attached hydrogens (tertiary/aromatic N) is 4. The average Bonchev–Trinajstić information content (AvgIpc) is 3.05. The van der Waals surface area contributed by atoms with Gasteiger partial charge >= 0.3 is 0 Å². The van der Waals surface area contributed by atoms with E-state index in [1.54, 1.807) is 11.3 Å². The molecule has 0 spiro atoms. The molecule has 0 atom stereocenters. The van der Waals surface area contributed by atoms with Crippen LogP contribution in [0.2, 0.25) is 0 Å². The number of thiazole rings is 1. The number of nitrogens with two attached hydrogens (primary N) is 1. The Balaban J connectivity index is 1.76. The van der Waals surface area contributed by atoms with Crippen LogP contribution in [0, 0.1) is 19.8 Å². The van der Waals surface area contributed by atoms with Crippen LogP contribution in [0.5, 0.6) is 0 Å². The summed E-state index contributed by atoms with van der Waals surface area (Å²) in [5, 5.41) is 8.45. The zero-order chi connectivity index (χ0) is 14.1. The summed E-state index contributed by atoms with van der Waals surface area (Å²) in [5.74, 6) is 2.26. The Labute approximate surface area is 122 Å². The lowest BCUT2D eigenvalue weighted by atomic mass is 9.97. The number of H-pyrrole nitrogens is 1. The van der Waals surface area contributed by atoms with Crippen LogP contribution in [0.3, 0.4) is 0 Å². The predicted octanol–water partition coefficient (Wildman–Crippen LogP) is 1.72. The topological polar surface area (TPSA) is 83.7 Å². The van der Waals surface area contributed by atoms with Gasteiger partial charge in [-0.15, -0.1) is 16.4 Å². The van der Waals surface area contributed by atoms with Crippen molar-refractivity contribution in [1.82, 2.24) is 20.2 Å². The average molecular weight is 292 g/mol. The normalized spacial score (nSPS) is 16.9. The second kappa shape index (κ2) is 5.49. The SMILES string of the molecule is Cc1nc(C)c(-c2nc(N3CCC(CN)CC3)n[nH]2)s1. The molecule has 0 bridgehead atoms. The van der Waals surface area contributed by atoms with E-state index >= 15 is 0 Å². The quantitative estimate of drug-likeness (QED) is 0.900. The first-order valence-electron chi connectivity index (χ1n) is 6.99. The van der Waals surface area contributed by atoms with E-state index in [2.05, 4.69) is 25.1 Å². The van der Waals surface area contributed by atoms with Gasteiger partial charge in [-0.3, -0.25) is 5.10 Å². The van der Waals surface area contributed by atoms with Crippen LogP contribution in [0.4, 0.5) is 5.95 Å². The Kier molecular flexibility index (Phi) is 3.71. The zero-order valence-electron chi connectivity index (χ0n) is 11.9. The molecule has 2 aromatic rings. The molecule has 0 aromatic carbocycles. The van der Waals surface area contributed by atoms with Crippen LogP contribution in [0.1, 0.15) is 23.5 Å². The van der Waals surface area contributed by atoms with Gasteiger partial charge in [-0.25, -0.2) is 4.98 Å². The Morgan fingerprint density at radius 1 is 1.30 bits per heavy atom. The van der Waals surface area contributed by atoms with Gasteiger partial charge in [-0.05, 0) is 39.2 Å². The number of anilines is 1. The largest absolute Gasteiger partial charge is 0.340 e. The number of nitrogens with one attached hydrogen (secondary N) is 1. The molecule has 0 unspecified atom stereocenters. The number of rotatable bonds is 3. The summed E-state index contributed by atoms with van der Waals surface area (Å²) in [6, 6.07) is 0. The van der Waals surface area contributed by atoms with Gasteiger partial charge in [0, 0.05) is 13.1 Å². The summed E-state index contributed by atoms with van der Waals surface area (Å²) in [6.07, 6.45) is 2.25. The van der Waals surface area contributed by atoms with Crippen LogP contribution in [-0.2, 0) is 0 Å². The van der Waals surface area contributed by atoms with Crippen molar-refractivity contribution in [1.29, 1.82) is 0 Å². The number of piperidine rings is 1. The molecule has 0 saturated carbocycles. The van der Waals surface area contributed by atoms with E-state index in [1.807, 2.05) is 13.8 Å². The Bertz CT molecular complexity index is 581. The molecule has 1 aliphatic rings. The first-order chi connectivity index (χ1) is 9.67. The smallest absolute Gasteiger partial charge is 0.245 e. The van der Waals surface area contributed by atoms with Crippen molar-refractivity contribution in [3.05, 3.63) is 10.7 Å². The maximum absolute atomic E-state index is 5.72.